The molecule has 1 rings (SSSR count). The van der Waals surface area contributed by atoms with Gasteiger partial charge in [0.15, 0.2) is 33.0 Å². The predicted octanol–water partition coefficient (Wildman–Crippen LogP) is -0.878. The second-order valence-corrected chi connectivity index (χ2v) is 1.24. The zero-order valence-electron chi connectivity index (χ0n) is 6.43. The van der Waals surface area contributed by atoms with Crippen molar-refractivity contribution in [2.24, 2.45) is 0 Å². The van der Waals surface area contributed by atoms with Gasteiger partial charge in [0.1, 0.15) is 6.79 Å². The molecule has 1 aliphatic heterocycles. The van der Waals surface area contributed by atoms with E-state index in [1.165, 1.54) is 0 Å². The highest BCUT2D eigenvalue weighted by molar-refractivity contribution is 6.09. The van der Waals surface area contributed by atoms with Crippen LogP contribution in [0, 0.1) is 0 Å². The minimum Gasteiger partial charge on any atom is -0.329 e. The Kier molecular flexibility index (Phi) is 18.5. The van der Waals surface area contributed by atoms with Gasteiger partial charge >= 0.3 is 0 Å². The van der Waals surface area contributed by atoms with E-state index in [0.29, 0.717) is 20.4 Å². The molecule has 0 radical (unpaired) electrons. The number of hydrogen-bond acceptors (Lipinski definition) is 6. The number of rotatable bonds is 1. The Bertz CT molecular complexity index is 82.7. The van der Waals surface area contributed by atoms with Gasteiger partial charge in [-0.15, -0.1) is 0 Å². The Morgan fingerprint density at radius 1 is 0.833 bits per heavy atom. The van der Waals surface area contributed by atoms with E-state index in [-0.39, 0.29) is 12.6 Å². The van der Waals surface area contributed by atoms with Crippen LogP contribution in [0.4, 0.5) is 0 Å². The lowest BCUT2D eigenvalue weighted by molar-refractivity contribution is -0.247. The molecule has 0 amide bonds. The molecule has 1 aliphatic rings. The molecular weight excluding hydrogens is 168 g/mol. The van der Waals surface area contributed by atoms with Gasteiger partial charge in [0.25, 0.3) is 0 Å². The molecule has 0 aliphatic carbocycles. The first-order chi connectivity index (χ1) is 5.91. The maximum atomic E-state index is 8.81. The monoisotopic (exact) mass is 178 g/mol. The molecule has 1 heterocycles. The molecule has 1 fully saturated rings. The first-order valence-corrected chi connectivity index (χ1v) is 2.83. The van der Waals surface area contributed by atoms with Crippen molar-refractivity contribution in [1.29, 1.82) is 0 Å². The Morgan fingerprint density at radius 2 is 1.08 bits per heavy atom. The standard InChI is InChI=1S/C3H6O3.C2H2O2.CH2O/c1-4-2-6-3-5-1;3-1-2-4;1-2/h1-3H2;1-2H;1H2. The van der Waals surface area contributed by atoms with E-state index < -0.39 is 0 Å². The van der Waals surface area contributed by atoms with Crippen molar-refractivity contribution in [2.45, 2.75) is 0 Å². The van der Waals surface area contributed by atoms with Crippen molar-refractivity contribution in [3.05, 3.63) is 0 Å². The van der Waals surface area contributed by atoms with Crippen LogP contribution in [-0.4, -0.2) is 39.7 Å². The predicted molar refractivity (Wildman–Crippen MR) is 37.1 cm³/mol. The molecule has 0 aromatic rings. The summed E-state index contributed by atoms with van der Waals surface area (Å²) in [5.74, 6) is 0. The van der Waals surface area contributed by atoms with E-state index >= 15 is 0 Å². The zero-order valence-corrected chi connectivity index (χ0v) is 6.43. The number of hydrogen-bond donors (Lipinski definition) is 0. The highest BCUT2D eigenvalue weighted by Crippen LogP contribution is 1.87. The van der Waals surface area contributed by atoms with E-state index in [9.17, 15) is 0 Å². The summed E-state index contributed by atoms with van der Waals surface area (Å²) >= 11 is 0. The molecular formula is C6H10O6. The van der Waals surface area contributed by atoms with Gasteiger partial charge in [-0.1, -0.05) is 0 Å². The minimum atomic E-state index is 0.194. The first kappa shape index (κ1) is 13.5. The lowest BCUT2D eigenvalue weighted by atomic mass is 10.9. The molecule has 0 aromatic carbocycles. The number of ether oxygens (including phenoxy) is 3. The van der Waals surface area contributed by atoms with Gasteiger partial charge in [-0.2, -0.15) is 0 Å². The minimum absolute atomic E-state index is 0.194. The fourth-order valence-corrected chi connectivity index (χ4v) is 0.279. The summed E-state index contributed by atoms with van der Waals surface area (Å²) in [6.07, 6.45) is 0.389. The molecule has 0 N–H and O–H groups in total. The van der Waals surface area contributed by atoms with Crippen molar-refractivity contribution in [1.82, 2.24) is 0 Å². The third-order valence-corrected chi connectivity index (χ3v) is 0.556. The maximum absolute atomic E-state index is 8.81. The number of aldehydes is 2. The fourth-order valence-electron chi connectivity index (χ4n) is 0.279. The van der Waals surface area contributed by atoms with Crippen molar-refractivity contribution in [3.63, 3.8) is 0 Å². The molecule has 0 atom stereocenters. The molecule has 6 heteroatoms. The second-order valence-electron chi connectivity index (χ2n) is 1.24. The smallest absolute Gasteiger partial charge is 0.182 e. The van der Waals surface area contributed by atoms with Crippen LogP contribution in [0.25, 0.3) is 0 Å². The van der Waals surface area contributed by atoms with Crippen LogP contribution < -0.4 is 0 Å². The summed E-state index contributed by atoms with van der Waals surface area (Å²) in [6.45, 7) is 3.12. The Morgan fingerprint density at radius 3 is 1.17 bits per heavy atom. The van der Waals surface area contributed by atoms with Gasteiger partial charge in [0, 0.05) is 0 Å². The van der Waals surface area contributed by atoms with Crippen molar-refractivity contribution in [2.75, 3.05) is 20.4 Å². The van der Waals surface area contributed by atoms with Gasteiger partial charge in [0.2, 0.25) is 0 Å². The van der Waals surface area contributed by atoms with Gasteiger partial charge < -0.3 is 19.0 Å². The summed E-state index contributed by atoms with van der Waals surface area (Å²) in [5.41, 5.74) is 0. The summed E-state index contributed by atoms with van der Waals surface area (Å²) in [7, 11) is 0. The summed E-state index contributed by atoms with van der Waals surface area (Å²) < 4.78 is 13.9. The topological polar surface area (TPSA) is 78.9 Å². The van der Waals surface area contributed by atoms with E-state index in [0.717, 1.165) is 0 Å². The average molecular weight is 178 g/mol. The molecule has 6 nitrogen and oxygen atoms in total. The lowest BCUT2D eigenvalue weighted by Gasteiger charge is -2.10. The molecule has 0 bridgehead atoms. The molecule has 70 valence electrons. The van der Waals surface area contributed by atoms with E-state index in [4.69, 9.17) is 14.4 Å². The van der Waals surface area contributed by atoms with Crippen LogP contribution in [0.5, 0.6) is 0 Å². The van der Waals surface area contributed by atoms with Gasteiger partial charge in [0.05, 0.1) is 0 Å². The third-order valence-electron chi connectivity index (χ3n) is 0.556. The Balaban J connectivity index is 0. The van der Waals surface area contributed by atoms with E-state index in [2.05, 4.69) is 14.2 Å². The summed E-state index contributed by atoms with van der Waals surface area (Å²) in [6, 6.07) is 0. The quantitative estimate of drug-likeness (QED) is 0.383. The first-order valence-electron chi connectivity index (χ1n) is 2.83. The maximum Gasteiger partial charge on any atom is 0.182 e. The molecule has 0 saturated carbocycles. The van der Waals surface area contributed by atoms with Gasteiger partial charge in [-0.3, -0.25) is 9.59 Å². The fraction of sp³-hybridized carbons (Fsp3) is 0.500. The van der Waals surface area contributed by atoms with Crippen LogP contribution in [0.1, 0.15) is 0 Å². The Labute approximate surface area is 69.4 Å². The van der Waals surface area contributed by atoms with E-state index in [1.54, 1.807) is 0 Å². The van der Waals surface area contributed by atoms with Crippen molar-refractivity contribution < 1.29 is 28.6 Å². The van der Waals surface area contributed by atoms with Crippen LogP contribution in [0.3, 0.4) is 0 Å². The highest BCUT2D eigenvalue weighted by Gasteiger charge is 1.93. The van der Waals surface area contributed by atoms with Gasteiger partial charge in [-0.25, -0.2) is 0 Å². The third kappa shape index (κ3) is 16.0. The van der Waals surface area contributed by atoms with Crippen LogP contribution in [-0.2, 0) is 28.6 Å². The summed E-state index contributed by atoms with van der Waals surface area (Å²) in [4.78, 5) is 25.6. The van der Waals surface area contributed by atoms with Crippen LogP contribution >= 0.6 is 0 Å². The van der Waals surface area contributed by atoms with E-state index in [1.807, 2.05) is 6.79 Å². The lowest BCUT2D eigenvalue weighted by Crippen LogP contribution is -2.14. The Hall–Kier alpha value is -1.11. The van der Waals surface area contributed by atoms with Crippen LogP contribution in [0.15, 0.2) is 0 Å². The SMILES string of the molecule is C1OCOCO1.C=O.O=CC=O. The van der Waals surface area contributed by atoms with Gasteiger partial charge in [-0.05, 0) is 0 Å². The van der Waals surface area contributed by atoms with Crippen LogP contribution in [0.2, 0.25) is 0 Å². The molecule has 0 spiro atoms. The molecule has 12 heavy (non-hydrogen) atoms. The highest BCUT2D eigenvalue weighted by atomic mass is 16.8. The average Bonchev–Trinajstić information content (AvgIpc) is 2.24. The molecule has 1 saturated heterocycles. The molecule has 0 aromatic heterocycles. The van der Waals surface area contributed by atoms with Crippen molar-refractivity contribution >= 4 is 19.4 Å². The largest absolute Gasteiger partial charge is 0.329 e. The zero-order chi connectivity index (χ0) is 9.66. The normalized spacial score (nSPS) is 14.0. The number of carbonyl (C=O) groups excluding carboxylic acids is 3. The van der Waals surface area contributed by atoms with Crippen molar-refractivity contribution in [3.8, 4) is 0 Å². The summed E-state index contributed by atoms with van der Waals surface area (Å²) in [5, 5.41) is 0. The second kappa shape index (κ2) is 16.5. The molecule has 0 unspecified atom stereocenters. The number of carbonyl (C=O) groups is 3.